The molecule has 10 heteroatoms. The van der Waals surface area contributed by atoms with E-state index >= 15 is 0 Å². The number of nitrogens with one attached hydrogen (secondary N) is 2. The van der Waals surface area contributed by atoms with Crippen molar-refractivity contribution in [3.05, 3.63) is 90.1 Å². The van der Waals surface area contributed by atoms with Gasteiger partial charge in [0.2, 0.25) is 11.8 Å². The maximum absolute atomic E-state index is 14.1. The normalized spacial score (nSPS) is 20.1. The van der Waals surface area contributed by atoms with E-state index in [0.717, 1.165) is 16.0 Å². The van der Waals surface area contributed by atoms with E-state index in [1.54, 1.807) is 24.3 Å². The van der Waals surface area contributed by atoms with Crippen LogP contribution in [0.25, 0.3) is 0 Å². The zero-order valence-corrected chi connectivity index (χ0v) is 21.2. The second-order valence-corrected chi connectivity index (χ2v) is 9.69. The summed E-state index contributed by atoms with van der Waals surface area (Å²) < 4.78 is 0. The van der Waals surface area contributed by atoms with E-state index in [0.29, 0.717) is 5.69 Å². The van der Waals surface area contributed by atoms with E-state index in [1.807, 2.05) is 48.5 Å². The SMILES string of the molecule is CN(C(=O)C(=O)Nc1ccccn1)[C@@H](Cc1ccccc1)C(=O)N1C[C@]2(C[C@H]1C#N)C(=O)Nc1ccccc12. The van der Waals surface area contributed by atoms with E-state index in [2.05, 4.69) is 21.7 Å². The summed E-state index contributed by atoms with van der Waals surface area (Å²) in [6, 6.07) is 21.4. The van der Waals surface area contributed by atoms with E-state index in [-0.39, 0.29) is 31.1 Å². The van der Waals surface area contributed by atoms with Crippen molar-refractivity contribution in [3.63, 3.8) is 0 Å². The predicted molar refractivity (Wildman–Crippen MR) is 142 cm³/mol. The number of fused-ring (bicyclic) bond motifs is 2. The lowest BCUT2D eigenvalue weighted by Gasteiger charge is -2.32. The van der Waals surface area contributed by atoms with Crippen LogP contribution in [0, 0.1) is 11.3 Å². The van der Waals surface area contributed by atoms with E-state index in [9.17, 15) is 24.4 Å². The first-order valence-electron chi connectivity index (χ1n) is 12.5. The maximum atomic E-state index is 14.1. The molecule has 0 bridgehead atoms. The molecule has 2 aliphatic rings. The first-order valence-corrected chi connectivity index (χ1v) is 12.5. The number of carbonyl (C=O) groups is 4. The lowest BCUT2D eigenvalue weighted by atomic mass is 9.80. The number of likely N-dealkylation sites (N-methyl/N-ethyl adjacent to an activating group) is 1. The summed E-state index contributed by atoms with van der Waals surface area (Å²) >= 11 is 0. The molecule has 2 aromatic carbocycles. The van der Waals surface area contributed by atoms with Crippen molar-refractivity contribution >= 4 is 35.1 Å². The van der Waals surface area contributed by atoms with Crippen LogP contribution < -0.4 is 10.6 Å². The highest BCUT2D eigenvalue weighted by Gasteiger charge is 2.56. The summed E-state index contributed by atoms with van der Waals surface area (Å²) in [5.41, 5.74) is 1.10. The average Bonchev–Trinajstić information content (AvgIpc) is 3.49. The number of nitrogens with zero attached hydrogens (tertiary/aromatic N) is 4. The fraction of sp³-hybridized carbons (Fsp3) is 0.241. The van der Waals surface area contributed by atoms with Gasteiger partial charge in [0, 0.05) is 38.3 Å². The molecule has 196 valence electrons. The van der Waals surface area contributed by atoms with Crippen LogP contribution in [0.2, 0.25) is 0 Å². The van der Waals surface area contributed by atoms with Gasteiger partial charge in [-0.1, -0.05) is 54.6 Å². The Morgan fingerprint density at radius 1 is 1.13 bits per heavy atom. The van der Waals surface area contributed by atoms with Crippen LogP contribution in [-0.4, -0.2) is 64.1 Å². The first-order chi connectivity index (χ1) is 18.8. The van der Waals surface area contributed by atoms with Gasteiger partial charge in [0.15, 0.2) is 0 Å². The van der Waals surface area contributed by atoms with Crippen LogP contribution in [0.5, 0.6) is 0 Å². The number of rotatable bonds is 5. The molecule has 0 saturated carbocycles. The minimum absolute atomic E-state index is 0.0135. The van der Waals surface area contributed by atoms with Crippen LogP contribution in [0.4, 0.5) is 11.5 Å². The summed E-state index contributed by atoms with van der Waals surface area (Å²) in [7, 11) is 1.39. The van der Waals surface area contributed by atoms with Crippen LogP contribution in [0.15, 0.2) is 79.0 Å². The number of benzene rings is 2. The Bertz CT molecular complexity index is 1470. The topological polar surface area (TPSA) is 136 Å². The summed E-state index contributed by atoms with van der Waals surface area (Å²) in [6.45, 7) is -0.0135. The van der Waals surface area contributed by atoms with Crippen molar-refractivity contribution in [2.75, 3.05) is 24.2 Å². The monoisotopic (exact) mass is 522 g/mol. The minimum atomic E-state index is -1.10. The summed E-state index contributed by atoms with van der Waals surface area (Å²) in [5.74, 6) is -2.45. The molecule has 4 amide bonds. The number of likely N-dealkylation sites (tertiary alicyclic amines) is 1. The predicted octanol–water partition coefficient (Wildman–Crippen LogP) is 2.10. The van der Waals surface area contributed by atoms with Crippen LogP contribution in [-0.2, 0) is 31.0 Å². The van der Waals surface area contributed by atoms with Crippen LogP contribution in [0.3, 0.4) is 0 Å². The molecule has 3 heterocycles. The Labute approximate surface area is 225 Å². The molecule has 1 aromatic heterocycles. The second kappa shape index (κ2) is 10.4. The maximum Gasteiger partial charge on any atom is 0.315 e. The third-order valence-corrected chi connectivity index (χ3v) is 7.36. The Balaban J connectivity index is 1.44. The number of amides is 4. The smallest absolute Gasteiger partial charge is 0.315 e. The Kier molecular flexibility index (Phi) is 6.81. The number of aromatic nitrogens is 1. The van der Waals surface area contributed by atoms with Gasteiger partial charge in [-0.3, -0.25) is 19.2 Å². The molecular weight excluding hydrogens is 496 g/mol. The van der Waals surface area contributed by atoms with Gasteiger partial charge >= 0.3 is 11.8 Å². The van der Waals surface area contributed by atoms with Crippen molar-refractivity contribution in [2.45, 2.75) is 30.3 Å². The molecule has 10 nitrogen and oxygen atoms in total. The lowest BCUT2D eigenvalue weighted by Crippen LogP contribution is -2.54. The highest BCUT2D eigenvalue weighted by Crippen LogP contribution is 2.46. The molecule has 3 atom stereocenters. The van der Waals surface area contributed by atoms with Crippen molar-refractivity contribution in [2.24, 2.45) is 0 Å². The van der Waals surface area contributed by atoms with E-state index in [1.165, 1.54) is 18.1 Å². The number of nitriles is 1. The lowest BCUT2D eigenvalue weighted by molar-refractivity contribution is -0.149. The van der Waals surface area contributed by atoms with Crippen LogP contribution in [0.1, 0.15) is 17.5 Å². The average molecular weight is 523 g/mol. The van der Waals surface area contributed by atoms with Gasteiger partial charge in [-0.2, -0.15) is 5.26 Å². The largest absolute Gasteiger partial charge is 0.325 e. The Morgan fingerprint density at radius 2 is 1.85 bits per heavy atom. The second-order valence-electron chi connectivity index (χ2n) is 9.69. The third kappa shape index (κ3) is 4.70. The van der Waals surface area contributed by atoms with Crippen molar-refractivity contribution in [3.8, 4) is 6.07 Å². The summed E-state index contributed by atoms with van der Waals surface area (Å²) in [4.78, 5) is 59.7. The highest BCUT2D eigenvalue weighted by atomic mass is 16.2. The van der Waals surface area contributed by atoms with E-state index in [4.69, 9.17) is 0 Å². The Morgan fingerprint density at radius 3 is 2.56 bits per heavy atom. The summed E-state index contributed by atoms with van der Waals surface area (Å²) in [5, 5.41) is 15.3. The van der Waals surface area contributed by atoms with Crippen LogP contribution >= 0.6 is 0 Å². The van der Waals surface area contributed by atoms with Gasteiger partial charge in [0.25, 0.3) is 0 Å². The van der Waals surface area contributed by atoms with Gasteiger partial charge in [0.05, 0.1) is 11.5 Å². The van der Waals surface area contributed by atoms with E-state index < -0.39 is 35.2 Å². The number of para-hydroxylation sites is 1. The van der Waals surface area contributed by atoms with Crippen molar-refractivity contribution < 1.29 is 19.2 Å². The van der Waals surface area contributed by atoms with Crippen molar-refractivity contribution in [1.29, 1.82) is 5.26 Å². The fourth-order valence-corrected chi connectivity index (χ4v) is 5.31. The molecule has 2 aliphatic heterocycles. The fourth-order valence-electron chi connectivity index (χ4n) is 5.31. The molecule has 0 aliphatic carbocycles. The number of pyridine rings is 1. The zero-order chi connectivity index (χ0) is 27.6. The highest BCUT2D eigenvalue weighted by molar-refractivity contribution is 6.39. The molecule has 1 fully saturated rings. The molecule has 5 rings (SSSR count). The van der Waals surface area contributed by atoms with Gasteiger partial charge in [-0.25, -0.2) is 4.98 Å². The minimum Gasteiger partial charge on any atom is -0.325 e. The molecular formula is C29H26N6O4. The van der Waals surface area contributed by atoms with Crippen molar-refractivity contribution in [1.82, 2.24) is 14.8 Å². The molecule has 1 saturated heterocycles. The van der Waals surface area contributed by atoms with Gasteiger partial charge in [-0.15, -0.1) is 0 Å². The van der Waals surface area contributed by atoms with Gasteiger partial charge < -0.3 is 20.4 Å². The number of anilines is 2. The third-order valence-electron chi connectivity index (χ3n) is 7.36. The quantitative estimate of drug-likeness (QED) is 0.493. The summed E-state index contributed by atoms with van der Waals surface area (Å²) in [6.07, 6.45) is 1.73. The standard InChI is InChI=1S/C29H26N6O4/c1-34(27(38)25(36)33-24-13-7-8-14-31-24)23(15-19-9-3-2-4-10-19)26(37)35-18-29(16-20(35)17-30)21-11-5-6-12-22(21)32-28(29)39/h2-14,20,23H,15-16,18H2,1H3,(H,32,39)(H,31,33,36)/t20-,23-,29-/m0/s1. The number of carbonyl (C=O) groups excluding carboxylic acids is 4. The first kappa shape index (κ1) is 25.6. The molecule has 1 spiro atoms. The Hall–Kier alpha value is -5.04. The van der Waals surface area contributed by atoms with Gasteiger partial charge in [-0.05, 0) is 29.3 Å². The molecule has 3 aromatic rings. The number of hydrogen-bond donors (Lipinski definition) is 2. The van der Waals surface area contributed by atoms with Gasteiger partial charge in [0.1, 0.15) is 17.9 Å². The molecule has 0 radical (unpaired) electrons. The molecule has 39 heavy (non-hydrogen) atoms. The molecule has 2 N–H and O–H groups in total. The number of hydrogen-bond acceptors (Lipinski definition) is 6. The molecule has 0 unspecified atom stereocenters. The zero-order valence-electron chi connectivity index (χ0n) is 21.2.